The number of methoxy groups -OCH3 is 1. The van der Waals surface area contributed by atoms with Gasteiger partial charge in [-0.15, -0.1) is 11.8 Å². The van der Waals surface area contributed by atoms with Crippen LogP contribution in [-0.4, -0.2) is 70.1 Å². The Morgan fingerprint density at radius 1 is 1.05 bits per heavy atom. The van der Waals surface area contributed by atoms with Gasteiger partial charge in [0.15, 0.2) is 0 Å². The summed E-state index contributed by atoms with van der Waals surface area (Å²) in [4.78, 5) is 43.6. The highest BCUT2D eigenvalue weighted by molar-refractivity contribution is 8.02. The van der Waals surface area contributed by atoms with E-state index < -0.39 is 28.7 Å². The zero-order valence-electron chi connectivity index (χ0n) is 23.3. The quantitative estimate of drug-likeness (QED) is 0.400. The van der Waals surface area contributed by atoms with Gasteiger partial charge in [0.2, 0.25) is 17.7 Å². The van der Waals surface area contributed by atoms with Crippen molar-refractivity contribution in [2.45, 2.75) is 55.7 Å². The van der Waals surface area contributed by atoms with E-state index in [2.05, 4.69) is 17.6 Å². The number of aliphatic hydroxyl groups is 1. The number of amides is 3. The number of aliphatic hydroxyl groups excluding tert-OH is 1. The standard InChI is InChI=1S/C30H37N3O6S/c1-5-20(16-34)33-26(28(36)32-19-7-11-21(38-4)12-8-19)30-17(3)15-23(40-30)24(25(30)29(33)37)27(35)31-18-9-13-22(14-10-18)39-6-2/h7-14,17,20,23-26,34H,5-6,15-16H2,1-4H3,(H,31,35)(H,32,36)/t17?,20-,23+,24-,25-,26?,30?/m0/s1. The summed E-state index contributed by atoms with van der Waals surface area (Å²) >= 11 is 1.61. The van der Waals surface area contributed by atoms with E-state index in [4.69, 9.17) is 9.47 Å². The van der Waals surface area contributed by atoms with E-state index in [1.165, 1.54) is 0 Å². The molecule has 9 nitrogen and oxygen atoms in total. The maximum Gasteiger partial charge on any atom is 0.248 e. The number of hydrogen-bond donors (Lipinski definition) is 3. The first kappa shape index (κ1) is 28.3. The van der Waals surface area contributed by atoms with Crippen molar-refractivity contribution in [3.63, 3.8) is 0 Å². The Kier molecular flexibility index (Phi) is 8.01. The summed E-state index contributed by atoms with van der Waals surface area (Å²) in [5, 5.41) is 16.2. The average molecular weight is 568 g/mol. The second-order valence-electron chi connectivity index (χ2n) is 10.7. The van der Waals surface area contributed by atoms with Crippen molar-refractivity contribution in [2.24, 2.45) is 17.8 Å². The molecule has 2 aromatic rings. The Bertz CT molecular complexity index is 1250. The largest absolute Gasteiger partial charge is 0.497 e. The number of fused-ring (bicyclic) bond motifs is 1. The highest BCUT2D eigenvalue weighted by Gasteiger charge is 2.76. The van der Waals surface area contributed by atoms with Crippen LogP contribution < -0.4 is 20.1 Å². The topological polar surface area (TPSA) is 117 Å². The molecule has 2 bridgehead atoms. The molecule has 3 fully saturated rings. The van der Waals surface area contributed by atoms with E-state index in [1.54, 1.807) is 72.3 Å². The normalized spacial score (nSPS) is 29.2. The van der Waals surface area contributed by atoms with Gasteiger partial charge in [-0.05, 0) is 74.2 Å². The van der Waals surface area contributed by atoms with Gasteiger partial charge in [-0.3, -0.25) is 14.4 Å². The molecule has 3 unspecified atom stereocenters. The zero-order chi connectivity index (χ0) is 28.6. The molecule has 40 heavy (non-hydrogen) atoms. The smallest absolute Gasteiger partial charge is 0.248 e. The second-order valence-corrected chi connectivity index (χ2v) is 12.3. The van der Waals surface area contributed by atoms with Crippen LogP contribution in [0.1, 0.15) is 33.6 Å². The van der Waals surface area contributed by atoms with Crippen LogP contribution in [0.4, 0.5) is 11.4 Å². The monoisotopic (exact) mass is 567 g/mol. The van der Waals surface area contributed by atoms with Crippen molar-refractivity contribution in [2.75, 3.05) is 31.0 Å². The van der Waals surface area contributed by atoms with Gasteiger partial charge in [-0.2, -0.15) is 0 Å². The van der Waals surface area contributed by atoms with Crippen LogP contribution in [-0.2, 0) is 14.4 Å². The lowest BCUT2D eigenvalue weighted by Gasteiger charge is -2.40. The summed E-state index contributed by atoms with van der Waals surface area (Å²) in [6.07, 6.45) is 1.22. The van der Waals surface area contributed by atoms with Crippen molar-refractivity contribution in [1.82, 2.24) is 4.90 Å². The van der Waals surface area contributed by atoms with Gasteiger partial charge < -0.3 is 30.1 Å². The highest BCUT2D eigenvalue weighted by atomic mass is 32.2. The first-order chi connectivity index (χ1) is 19.3. The lowest BCUT2D eigenvalue weighted by molar-refractivity contribution is -0.141. The van der Waals surface area contributed by atoms with Crippen LogP contribution in [0.15, 0.2) is 48.5 Å². The molecule has 1 spiro atoms. The summed E-state index contributed by atoms with van der Waals surface area (Å²) in [6.45, 7) is 6.16. The summed E-state index contributed by atoms with van der Waals surface area (Å²) in [6, 6.07) is 12.9. The average Bonchev–Trinajstić information content (AvgIpc) is 3.55. The molecule has 3 N–H and O–H groups in total. The summed E-state index contributed by atoms with van der Waals surface area (Å²) in [7, 11) is 1.58. The number of benzene rings is 2. The molecule has 0 aliphatic carbocycles. The lowest BCUT2D eigenvalue weighted by Crippen LogP contribution is -2.56. The lowest BCUT2D eigenvalue weighted by atomic mass is 9.66. The maximum atomic E-state index is 14.2. The first-order valence-corrected chi connectivity index (χ1v) is 14.8. The van der Waals surface area contributed by atoms with E-state index >= 15 is 0 Å². The fourth-order valence-electron chi connectivity index (χ4n) is 6.78. The maximum absolute atomic E-state index is 14.2. The minimum Gasteiger partial charge on any atom is -0.497 e. The number of ether oxygens (including phenoxy) is 2. The molecule has 0 radical (unpaired) electrons. The molecule has 2 aromatic carbocycles. The predicted octanol–water partition coefficient (Wildman–Crippen LogP) is 3.78. The Hall–Kier alpha value is -3.24. The van der Waals surface area contributed by atoms with Crippen molar-refractivity contribution >= 4 is 40.9 Å². The van der Waals surface area contributed by atoms with Crippen molar-refractivity contribution in [3.8, 4) is 11.5 Å². The van der Waals surface area contributed by atoms with E-state index in [0.717, 1.165) is 6.42 Å². The molecule has 3 amide bonds. The number of hydrogen-bond acceptors (Lipinski definition) is 7. The molecule has 3 aliphatic heterocycles. The molecular weight excluding hydrogens is 530 g/mol. The second kappa shape index (κ2) is 11.3. The molecule has 10 heteroatoms. The SMILES string of the molecule is CCOc1ccc(NC(=O)[C@@H]2[C@H]3C(=O)N([C@@H](CC)CO)C(C(=O)Nc4ccc(OC)cc4)C34S[C@@H]2CC4C)cc1. The van der Waals surface area contributed by atoms with Gasteiger partial charge in [-0.1, -0.05) is 13.8 Å². The Balaban J connectivity index is 1.47. The third kappa shape index (κ3) is 4.60. The Morgan fingerprint density at radius 3 is 2.20 bits per heavy atom. The molecule has 3 aliphatic rings. The van der Waals surface area contributed by atoms with E-state index in [-0.39, 0.29) is 35.5 Å². The molecule has 3 heterocycles. The van der Waals surface area contributed by atoms with Gasteiger partial charge in [0.05, 0.1) is 42.9 Å². The predicted molar refractivity (Wildman–Crippen MR) is 155 cm³/mol. The van der Waals surface area contributed by atoms with Gasteiger partial charge in [-0.25, -0.2) is 0 Å². The number of rotatable bonds is 10. The number of carbonyl (C=O) groups excluding carboxylic acids is 3. The van der Waals surface area contributed by atoms with Crippen LogP contribution >= 0.6 is 11.8 Å². The third-order valence-electron chi connectivity index (χ3n) is 8.60. The van der Waals surface area contributed by atoms with E-state index in [1.807, 2.05) is 13.8 Å². The summed E-state index contributed by atoms with van der Waals surface area (Å²) in [5.74, 6) is -0.601. The van der Waals surface area contributed by atoms with Gasteiger partial charge in [0, 0.05) is 16.6 Å². The summed E-state index contributed by atoms with van der Waals surface area (Å²) in [5.41, 5.74) is 1.21. The molecule has 0 aromatic heterocycles. The van der Waals surface area contributed by atoms with Crippen molar-refractivity contribution in [3.05, 3.63) is 48.5 Å². The Labute approximate surface area is 239 Å². The molecule has 214 valence electrons. The number of nitrogens with one attached hydrogen (secondary N) is 2. The highest BCUT2D eigenvalue weighted by Crippen LogP contribution is 2.69. The Morgan fingerprint density at radius 2 is 1.65 bits per heavy atom. The molecule has 3 saturated heterocycles. The number of thioether (sulfide) groups is 1. The molecule has 0 saturated carbocycles. The van der Waals surface area contributed by atoms with Gasteiger partial charge >= 0.3 is 0 Å². The van der Waals surface area contributed by atoms with E-state index in [9.17, 15) is 19.5 Å². The minimum atomic E-state index is -0.822. The van der Waals surface area contributed by atoms with Gasteiger partial charge in [0.25, 0.3) is 0 Å². The van der Waals surface area contributed by atoms with Crippen LogP contribution in [0.25, 0.3) is 0 Å². The van der Waals surface area contributed by atoms with Crippen LogP contribution in [0.3, 0.4) is 0 Å². The van der Waals surface area contributed by atoms with Crippen molar-refractivity contribution < 1.29 is 29.0 Å². The number of likely N-dealkylation sites (tertiary alicyclic amines) is 1. The fraction of sp³-hybridized carbons (Fsp3) is 0.500. The third-order valence-corrected chi connectivity index (χ3v) is 10.7. The fourth-order valence-corrected chi connectivity index (χ4v) is 9.19. The van der Waals surface area contributed by atoms with E-state index in [0.29, 0.717) is 35.9 Å². The van der Waals surface area contributed by atoms with Crippen LogP contribution in [0.5, 0.6) is 11.5 Å². The molecule has 5 rings (SSSR count). The number of nitrogens with zero attached hydrogens (tertiary/aromatic N) is 1. The minimum absolute atomic E-state index is 0.0267. The number of carbonyl (C=O) groups is 3. The first-order valence-electron chi connectivity index (χ1n) is 13.9. The summed E-state index contributed by atoms with van der Waals surface area (Å²) < 4.78 is 9.95. The van der Waals surface area contributed by atoms with Crippen molar-refractivity contribution in [1.29, 1.82) is 0 Å². The van der Waals surface area contributed by atoms with Gasteiger partial charge in [0.1, 0.15) is 17.5 Å². The van der Waals surface area contributed by atoms with Crippen LogP contribution in [0, 0.1) is 17.8 Å². The zero-order valence-corrected chi connectivity index (χ0v) is 24.1. The molecular formula is C30H37N3O6S. The number of anilines is 2. The molecule has 7 atom stereocenters. The van der Waals surface area contributed by atoms with Crippen LogP contribution in [0.2, 0.25) is 0 Å².